The molecule has 124 valence electrons. The number of anilines is 1. The second kappa shape index (κ2) is 8.81. The SMILES string of the molecule is COCCCNC(=S)Nc1nn(Cc2ccc(F)cc2)cc1Cl. The minimum atomic E-state index is -0.264. The molecule has 0 aliphatic rings. The summed E-state index contributed by atoms with van der Waals surface area (Å²) < 4.78 is 19.5. The Morgan fingerprint density at radius 2 is 2.13 bits per heavy atom. The predicted octanol–water partition coefficient (Wildman–Crippen LogP) is 3.05. The molecular formula is C15H18ClFN4OS. The van der Waals surface area contributed by atoms with Crippen molar-refractivity contribution in [1.82, 2.24) is 15.1 Å². The van der Waals surface area contributed by atoms with E-state index < -0.39 is 0 Å². The Kier molecular flexibility index (Phi) is 6.76. The van der Waals surface area contributed by atoms with Crippen LogP contribution in [-0.4, -0.2) is 35.2 Å². The van der Waals surface area contributed by atoms with Gasteiger partial charge in [-0.3, -0.25) is 4.68 Å². The highest BCUT2D eigenvalue weighted by atomic mass is 35.5. The Morgan fingerprint density at radius 1 is 1.39 bits per heavy atom. The number of halogens is 2. The molecule has 2 rings (SSSR count). The average Bonchev–Trinajstić information content (AvgIpc) is 2.86. The maximum absolute atomic E-state index is 12.9. The molecular weight excluding hydrogens is 339 g/mol. The fourth-order valence-electron chi connectivity index (χ4n) is 1.91. The van der Waals surface area contributed by atoms with Crippen molar-refractivity contribution in [3.05, 3.63) is 46.9 Å². The maximum Gasteiger partial charge on any atom is 0.173 e. The first-order valence-electron chi connectivity index (χ1n) is 7.09. The number of hydrogen-bond donors (Lipinski definition) is 2. The van der Waals surface area contributed by atoms with Gasteiger partial charge in [-0.15, -0.1) is 0 Å². The fourth-order valence-corrected chi connectivity index (χ4v) is 2.31. The molecule has 8 heteroatoms. The van der Waals surface area contributed by atoms with Crippen molar-refractivity contribution in [2.75, 3.05) is 25.6 Å². The molecule has 2 aromatic rings. The first kappa shape index (κ1) is 17.7. The summed E-state index contributed by atoms with van der Waals surface area (Å²) in [6.45, 7) is 1.87. The van der Waals surface area contributed by atoms with Crippen LogP contribution < -0.4 is 10.6 Å². The molecule has 0 unspecified atom stereocenters. The third kappa shape index (κ3) is 5.78. The van der Waals surface area contributed by atoms with Crippen molar-refractivity contribution in [3.63, 3.8) is 0 Å². The second-order valence-corrected chi connectivity index (χ2v) is 5.69. The smallest absolute Gasteiger partial charge is 0.173 e. The highest BCUT2D eigenvalue weighted by molar-refractivity contribution is 7.80. The molecule has 0 saturated carbocycles. The van der Waals surface area contributed by atoms with Crippen molar-refractivity contribution >= 4 is 34.7 Å². The van der Waals surface area contributed by atoms with Gasteiger partial charge in [-0.2, -0.15) is 5.10 Å². The first-order chi connectivity index (χ1) is 11.1. The zero-order valence-corrected chi connectivity index (χ0v) is 14.3. The number of ether oxygens (including phenoxy) is 1. The van der Waals surface area contributed by atoms with Gasteiger partial charge in [0.2, 0.25) is 0 Å². The number of aromatic nitrogens is 2. The molecule has 23 heavy (non-hydrogen) atoms. The normalized spacial score (nSPS) is 10.6. The minimum absolute atomic E-state index is 0.264. The number of nitrogens with zero attached hydrogens (tertiary/aromatic N) is 2. The summed E-state index contributed by atoms with van der Waals surface area (Å²) in [4.78, 5) is 0. The molecule has 0 bridgehead atoms. The first-order valence-corrected chi connectivity index (χ1v) is 7.88. The van der Waals surface area contributed by atoms with E-state index in [-0.39, 0.29) is 5.82 Å². The molecule has 0 amide bonds. The highest BCUT2D eigenvalue weighted by Crippen LogP contribution is 2.20. The Hall–Kier alpha value is -1.70. The van der Waals surface area contributed by atoms with E-state index in [2.05, 4.69) is 15.7 Å². The highest BCUT2D eigenvalue weighted by Gasteiger charge is 2.09. The van der Waals surface area contributed by atoms with E-state index in [1.807, 2.05) is 0 Å². The van der Waals surface area contributed by atoms with Gasteiger partial charge >= 0.3 is 0 Å². The zero-order valence-electron chi connectivity index (χ0n) is 12.7. The summed E-state index contributed by atoms with van der Waals surface area (Å²) in [5.41, 5.74) is 0.928. The van der Waals surface area contributed by atoms with Gasteiger partial charge in [-0.05, 0) is 36.3 Å². The van der Waals surface area contributed by atoms with Crippen molar-refractivity contribution in [2.45, 2.75) is 13.0 Å². The van der Waals surface area contributed by atoms with Crippen LogP contribution in [0, 0.1) is 5.82 Å². The molecule has 1 aromatic heterocycles. The van der Waals surface area contributed by atoms with Crippen LogP contribution in [0.4, 0.5) is 10.2 Å². The van der Waals surface area contributed by atoms with Gasteiger partial charge in [0.1, 0.15) is 10.8 Å². The lowest BCUT2D eigenvalue weighted by Gasteiger charge is -2.08. The van der Waals surface area contributed by atoms with Crippen molar-refractivity contribution in [1.29, 1.82) is 0 Å². The molecule has 2 N–H and O–H groups in total. The third-order valence-corrected chi connectivity index (χ3v) is 3.54. The standard InChI is InChI=1S/C15H18ClFN4OS/c1-22-8-2-7-18-15(23)19-14-13(16)10-21(20-14)9-11-3-5-12(17)6-4-11/h3-6,10H,2,7-9H2,1H3,(H2,18,19,20,23). The van der Waals surface area contributed by atoms with E-state index in [1.165, 1.54) is 12.1 Å². The van der Waals surface area contributed by atoms with E-state index in [0.29, 0.717) is 35.6 Å². The third-order valence-electron chi connectivity index (χ3n) is 3.02. The maximum atomic E-state index is 12.9. The van der Waals surface area contributed by atoms with E-state index in [1.54, 1.807) is 30.1 Å². The summed E-state index contributed by atoms with van der Waals surface area (Å²) in [5.74, 6) is 0.220. The summed E-state index contributed by atoms with van der Waals surface area (Å²) in [5, 5.41) is 11.3. The van der Waals surface area contributed by atoms with Crippen LogP contribution >= 0.6 is 23.8 Å². The molecule has 0 radical (unpaired) electrons. The Labute approximate surface area is 144 Å². The number of rotatable bonds is 7. The summed E-state index contributed by atoms with van der Waals surface area (Å²) >= 11 is 11.3. The van der Waals surface area contributed by atoms with Crippen LogP contribution in [0.5, 0.6) is 0 Å². The van der Waals surface area contributed by atoms with Gasteiger partial charge in [0.05, 0.1) is 6.54 Å². The number of methoxy groups -OCH3 is 1. The van der Waals surface area contributed by atoms with Crippen LogP contribution in [-0.2, 0) is 11.3 Å². The van der Waals surface area contributed by atoms with Crippen LogP contribution in [0.25, 0.3) is 0 Å². The average molecular weight is 357 g/mol. The fraction of sp³-hybridized carbons (Fsp3) is 0.333. The number of nitrogens with one attached hydrogen (secondary N) is 2. The van der Waals surface area contributed by atoms with E-state index in [0.717, 1.165) is 12.0 Å². The van der Waals surface area contributed by atoms with Gasteiger partial charge in [0.25, 0.3) is 0 Å². The van der Waals surface area contributed by atoms with Crippen LogP contribution in [0.1, 0.15) is 12.0 Å². The molecule has 1 heterocycles. The van der Waals surface area contributed by atoms with Crippen molar-refractivity contribution < 1.29 is 9.13 Å². The van der Waals surface area contributed by atoms with Crippen LogP contribution in [0.3, 0.4) is 0 Å². The van der Waals surface area contributed by atoms with Crippen LogP contribution in [0.2, 0.25) is 5.02 Å². The van der Waals surface area contributed by atoms with Crippen molar-refractivity contribution in [3.8, 4) is 0 Å². The quantitative estimate of drug-likeness (QED) is 0.590. The van der Waals surface area contributed by atoms with Crippen molar-refractivity contribution in [2.24, 2.45) is 0 Å². The molecule has 0 aliphatic carbocycles. The lowest BCUT2D eigenvalue weighted by molar-refractivity contribution is 0.196. The molecule has 0 atom stereocenters. The Balaban J connectivity index is 1.90. The Morgan fingerprint density at radius 3 is 2.83 bits per heavy atom. The predicted molar refractivity (Wildman–Crippen MR) is 93.5 cm³/mol. The van der Waals surface area contributed by atoms with Gasteiger partial charge < -0.3 is 15.4 Å². The number of benzene rings is 1. The minimum Gasteiger partial charge on any atom is -0.385 e. The zero-order chi connectivity index (χ0) is 16.7. The van der Waals surface area contributed by atoms with Gasteiger partial charge in [-0.25, -0.2) is 4.39 Å². The van der Waals surface area contributed by atoms with Gasteiger partial charge in [0, 0.05) is 26.5 Å². The van der Waals surface area contributed by atoms with Gasteiger partial charge in [-0.1, -0.05) is 23.7 Å². The summed E-state index contributed by atoms with van der Waals surface area (Å²) in [7, 11) is 1.66. The topological polar surface area (TPSA) is 51.1 Å². The Bertz CT molecular complexity index is 647. The summed E-state index contributed by atoms with van der Waals surface area (Å²) in [6.07, 6.45) is 2.55. The van der Waals surface area contributed by atoms with Gasteiger partial charge in [0.15, 0.2) is 10.9 Å². The molecule has 0 saturated heterocycles. The summed E-state index contributed by atoms with van der Waals surface area (Å²) in [6, 6.07) is 6.25. The van der Waals surface area contributed by atoms with E-state index in [9.17, 15) is 4.39 Å². The number of hydrogen-bond acceptors (Lipinski definition) is 3. The largest absolute Gasteiger partial charge is 0.385 e. The molecule has 0 aliphatic heterocycles. The molecule has 1 aromatic carbocycles. The second-order valence-electron chi connectivity index (χ2n) is 4.88. The number of thiocarbonyl (C=S) groups is 1. The monoisotopic (exact) mass is 356 g/mol. The molecule has 0 spiro atoms. The molecule has 5 nitrogen and oxygen atoms in total. The van der Waals surface area contributed by atoms with E-state index >= 15 is 0 Å². The van der Waals surface area contributed by atoms with Crippen LogP contribution in [0.15, 0.2) is 30.5 Å². The lowest BCUT2D eigenvalue weighted by atomic mass is 10.2. The lowest BCUT2D eigenvalue weighted by Crippen LogP contribution is -2.30. The van der Waals surface area contributed by atoms with E-state index in [4.69, 9.17) is 28.6 Å². The molecule has 0 fully saturated rings.